The molecule has 0 radical (unpaired) electrons. The molecule has 3 rings (SSSR count). The highest BCUT2D eigenvalue weighted by Gasteiger charge is 2.22. The summed E-state index contributed by atoms with van der Waals surface area (Å²) >= 11 is 1.75. The molecule has 0 unspecified atom stereocenters. The van der Waals surface area contributed by atoms with E-state index in [1.807, 2.05) is 24.3 Å². The molecule has 0 bridgehead atoms. The first-order valence-electron chi connectivity index (χ1n) is 9.67. The van der Waals surface area contributed by atoms with E-state index >= 15 is 0 Å². The van der Waals surface area contributed by atoms with Gasteiger partial charge in [-0.05, 0) is 24.3 Å². The Labute approximate surface area is 171 Å². The molecule has 0 saturated carbocycles. The minimum absolute atomic E-state index is 0.0216. The maximum Gasteiger partial charge on any atom is 0.238 e. The Bertz CT molecular complexity index is 774. The number of carbonyl (C=O) groups excluding carboxylic acids is 1. The van der Waals surface area contributed by atoms with E-state index in [1.165, 1.54) is 10.7 Å². The average Bonchev–Trinajstić information content (AvgIpc) is 3.13. The van der Waals surface area contributed by atoms with Crippen LogP contribution in [0, 0.1) is 0 Å². The molecule has 1 N–H and O–H groups in total. The van der Waals surface area contributed by atoms with Crippen LogP contribution in [-0.2, 0) is 16.8 Å². The Morgan fingerprint density at radius 2 is 1.79 bits per heavy atom. The summed E-state index contributed by atoms with van der Waals surface area (Å²) in [5.41, 5.74) is 2.06. The van der Waals surface area contributed by atoms with E-state index < -0.39 is 0 Å². The molecule has 2 heterocycles. The van der Waals surface area contributed by atoms with E-state index in [2.05, 4.69) is 41.3 Å². The predicted octanol–water partition coefficient (Wildman–Crippen LogP) is 3.21. The average molecular weight is 403 g/mol. The number of hydrogen-bond donors (Lipinski definition) is 1. The SMILES string of the molecule is COc1ccc(NC(=O)CN2CCN(Cc3nc(C(C)(C)C)cs3)CC2)cc1. The van der Waals surface area contributed by atoms with Gasteiger partial charge in [-0.1, -0.05) is 20.8 Å². The van der Waals surface area contributed by atoms with Crippen LogP contribution in [0.4, 0.5) is 5.69 Å². The number of rotatable bonds is 6. The van der Waals surface area contributed by atoms with Crippen LogP contribution in [0.1, 0.15) is 31.5 Å². The molecule has 1 fully saturated rings. The summed E-state index contributed by atoms with van der Waals surface area (Å²) in [4.78, 5) is 21.7. The Hall–Kier alpha value is -1.96. The van der Waals surface area contributed by atoms with E-state index in [-0.39, 0.29) is 11.3 Å². The lowest BCUT2D eigenvalue weighted by atomic mass is 9.93. The molecular formula is C21H30N4O2S. The van der Waals surface area contributed by atoms with Crippen molar-refractivity contribution in [2.75, 3.05) is 45.2 Å². The Kier molecular flexibility index (Phi) is 6.69. The number of ether oxygens (including phenoxy) is 1. The first-order valence-corrected chi connectivity index (χ1v) is 10.5. The number of aromatic nitrogens is 1. The van der Waals surface area contributed by atoms with Gasteiger partial charge in [-0.3, -0.25) is 14.6 Å². The zero-order valence-corrected chi connectivity index (χ0v) is 18.0. The van der Waals surface area contributed by atoms with Crippen molar-refractivity contribution < 1.29 is 9.53 Å². The number of anilines is 1. The molecule has 28 heavy (non-hydrogen) atoms. The van der Waals surface area contributed by atoms with Crippen molar-refractivity contribution >= 4 is 22.9 Å². The van der Waals surface area contributed by atoms with E-state index in [9.17, 15) is 4.79 Å². The molecule has 7 heteroatoms. The van der Waals surface area contributed by atoms with Gasteiger partial charge in [-0.15, -0.1) is 11.3 Å². The standard InChI is InChI=1S/C21H30N4O2S/c1-21(2,3)18-15-28-20(23-18)14-25-11-9-24(10-12-25)13-19(26)22-16-5-7-17(27-4)8-6-16/h5-8,15H,9-14H2,1-4H3,(H,22,26). The van der Waals surface area contributed by atoms with Gasteiger partial charge < -0.3 is 10.1 Å². The summed E-state index contributed by atoms with van der Waals surface area (Å²) in [6.07, 6.45) is 0. The number of methoxy groups -OCH3 is 1. The molecule has 1 aromatic carbocycles. The lowest BCUT2D eigenvalue weighted by Crippen LogP contribution is -2.48. The van der Waals surface area contributed by atoms with Gasteiger partial charge in [-0.25, -0.2) is 4.98 Å². The highest BCUT2D eigenvalue weighted by molar-refractivity contribution is 7.09. The number of benzene rings is 1. The Balaban J connectivity index is 1.42. The van der Waals surface area contributed by atoms with Gasteiger partial charge in [0.1, 0.15) is 10.8 Å². The summed E-state index contributed by atoms with van der Waals surface area (Å²) in [6, 6.07) is 7.40. The second-order valence-corrected chi connectivity index (χ2v) is 9.15. The molecule has 1 aromatic heterocycles. The lowest BCUT2D eigenvalue weighted by Gasteiger charge is -2.33. The third-order valence-electron chi connectivity index (χ3n) is 4.88. The van der Waals surface area contributed by atoms with Gasteiger partial charge in [0, 0.05) is 42.7 Å². The monoisotopic (exact) mass is 402 g/mol. The van der Waals surface area contributed by atoms with Crippen LogP contribution in [-0.4, -0.2) is 60.5 Å². The first-order chi connectivity index (χ1) is 13.3. The third-order valence-corrected chi connectivity index (χ3v) is 5.72. The van der Waals surface area contributed by atoms with Crippen molar-refractivity contribution in [2.24, 2.45) is 0 Å². The summed E-state index contributed by atoms with van der Waals surface area (Å²) in [5.74, 6) is 0.803. The van der Waals surface area contributed by atoms with Crippen molar-refractivity contribution in [2.45, 2.75) is 32.7 Å². The minimum Gasteiger partial charge on any atom is -0.497 e. The van der Waals surface area contributed by atoms with Crippen LogP contribution in [0.2, 0.25) is 0 Å². The molecule has 1 amide bonds. The normalized spacial score (nSPS) is 16.1. The molecule has 0 spiro atoms. The topological polar surface area (TPSA) is 57.7 Å². The van der Waals surface area contributed by atoms with Crippen molar-refractivity contribution in [3.63, 3.8) is 0 Å². The number of carbonyl (C=O) groups is 1. The summed E-state index contributed by atoms with van der Waals surface area (Å²) in [6.45, 7) is 11.6. The molecule has 1 aliphatic heterocycles. The van der Waals surface area contributed by atoms with Gasteiger partial charge in [0.15, 0.2) is 0 Å². The number of hydrogen-bond acceptors (Lipinski definition) is 6. The largest absolute Gasteiger partial charge is 0.497 e. The maximum absolute atomic E-state index is 12.3. The molecule has 6 nitrogen and oxygen atoms in total. The third kappa shape index (κ3) is 5.77. The van der Waals surface area contributed by atoms with E-state index in [0.717, 1.165) is 44.2 Å². The lowest BCUT2D eigenvalue weighted by molar-refractivity contribution is -0.117. The summed E-state index contributed by atoms with van der Waals surface area (Å²) < 4.78 is 5.14. The van der Waals surface area contributed by atoms with Gasteiger partial charge in [0.2, 0.25) is 5.91 Å². The number of thiazole rings is 1. The molecule has 1 saturated heterocycles. The summed E-state index contributed by atoms with van der Waals surface area (Å²) in [7, 11) is 1.63. The van der Waals surface area contributed by atoms with E-state index in [1.54, 1.807) is 18.4 Å². The highest BCUT2D eigenvalue weighted by atomic mass is 32.1. The number of amides is 1. The molecule has 2 aromatic rings. The number of nitrogens with one attached hydrogen (secondary N) is 1. The van der Waals surface area contributed by atoms with Crippen LogP contribution in [0.25, 0.3) is 0 Å². The van der Waals surface area contributed by atoms with Gasteiger partial charge >= 0.3 is 0 Å². The Morgan fingerprint density at radius 1 is 1.14 bits per heavy atom. The van der Waals surface area contributed by atoms with Crippen LogP contribution >= 0.6 is 11.3 Å². The quantitative estimate of drug-likeness (QED) is 0.804. The molecule has 152 valence electrons. The van der Waals surface area contributed by atoms with Crippen molar-refractivity contribution in [3.8, 4) is 5.75 Å². The fourth-order valence-corrected chi connectivity index (χ4v) is 4.16. The van der Waals surface area contributed by atoms with Crippen LogP contribution in [0.15, 0.2) is 29.6 Å². The number of piperazine rings is 1. The fraction of sp³-hybridized carbons (Fsp3) is 0.524. The molecule has 0 aliphatic carbocycles. The highest BCUT2D eigenvalue weighted by Crippen LogP contribution is 2.24. The summed E-state index contributed by atoms with van der Waals surface area (Å²) in [5, 5.41) is 6.30. The van der Waals surface area contributed by atoms with Crippen molar-refractivity contribution in [1.82, 2.24) is 14.8 Å². The van der Waals surface area contributed by atoms with Crippen LogP contribution in [0.5, 0.6) is 5.75 Å². The maximum atomic E-state index is 12.3. The number of nitrogens with zero attached hydrogens (tertiary/aromatic N) is 3. The van der Waals surface area contributed by atoms with Gasteiger partial charge in [0.25, 0.3) is 0 Å². The molecular weight excluding hydrogens is 372 g/mol. The van der Waals surface area contributed by atoms with Crippen LogP contribution in [0.3, 0.4) is 0 Å². The fourth-order valence-electron chi connectivity index (χ4n) is 3.10. The van der Waals surface area contributed by atoms with Crippen LogP contribution < -0.4 is 10.1 Å². The molecule has 0 atom stereocenters. The van der Waals surface area contributed by atoms with E-state index in [0.29, 0.717) is 6.54 Å². The smallest absolute Gasteiger partial charge is 0.238 e. The molecule has 1 aliphatic rings. The minimum atomic E-state index is 0.0216. The zero-order valence-electron chi connectivity index (χ0n) is 17.2. The second-order valence-electron chi connectivity index (χ2n) is 8.21. The first kappa shape index (κ1) is 20.8. The zero-order chi connectivity index (χ0) is 20.1. The predicted molar refractivity (Wildman–Crippen MR) is 114 cm³/mol. The van der Waals surface area contributed by atoms with Gasteiger partial charge in [-0.2, -0.15) is 0 Å². The van der Waals surface area contributed by atoms with E-state index in [4.69, 9.17) is 9.72 Å². The van der Waals surface area contributed by atoms with Crippen molar-refractivity contribution in [3.05, 3.63) is 40.3 Å². The van der Waals surface area contributed by atoms with Crippen molar-refractivity contribution in [1.29, 1.82) is 0 Å². The second kappa shape index (κ2) is 9.03. The van der Waals surface area contributed by atoms with Gasteiger partial charge in [0.05, 0.1) is 25.9 Å². The Morgan fingerprint density at radius 3 is 2.36 bits per heavy atom.